The number of rotatable bonds is 14. The molecule has 0 aromatic heterocycles. The number of aliphatic carboxylic acids is 1. The van der Waals surface area contributed by atoms with Crippen molar-refractivity contribution in [3.8, 4) is 0 Å². The molecule has 6 heteroatoms. The third-order valence-electron chi connectivity index (χ3n) is 5.25. The summed E-state index contributed by atoms with van der Waals surface area (Å²) in [7, 11) is 0. The molecular weight excluding hydrogens is 471 g/mol. The summed E-state index contributed by atoms with van der Waals surface area (Å²) in [5.74, 6) is -0.875. The lowest BCUT2D eigenvalue weighted by molar-refractivity contribution is -0.137. The van der Waals surface area contributed by atoms with Crippen LogP contribution in [0.2, 0.25) is 0 Å². The highest BCUT2D eigenvalue weighted by atomic mass is 127. The molecule has 0 saturated heterocycles. The van der Waals surface area contributed by atoms with Gasteiger partial charge in [0.05, 0.1) is 18.3 Å². The minimum atomic E-state index is -0.774. The average molecular weight is 508 g/mol. The molecule has 162 valence electrons. The van der Waals surface area contributed by atoms with E-state index in [4.69, 9.17) is 9.84 Å². The van der Waals surface area contributed by atoms with Gasteiger partial charge < -0.3 is 20.1 Å². The summed E-state index contributed by atoms with van der Waals surface area (Å²) in [6.45, 7) is 4.20. The molecule has 1 saturated carbocycles. The highest BCUT2D eigenvalue weighted by molar-refractivity contribution is 14.1. The second kappa shape index (κ2) is 14.5. The topological polar surface area (TPSA) is 87.0 Å². The Hall–Kier alpha value is -0.440. The van der Waals surface area contributed by atoms with Crippen molar-refractivity contribution in [1.29, 1.82) is 0 Å². The van der Waals surface area contributed by atoms with E-state index >= 15 is 0 Å². The highest BCUT2D eigenvalue weighted by Crippen LogP contribution is 2.36. The molecule has 0 aromatic carbocycles. The number of halogens is 1. The van der Waals surface area contributed by atoms with E-state index in [0.29, 0.717) is 19.3 Å². The van der Waals surface area contributed by atoms with Crippen LogP contribution in [0.25, 0.3) is 0 Å². The summed E-state index contributed by atoms with van der Waals surface area (Å²) in [6, 6.07) is 0. The van der Waals surface area contributed by atoms with Gasteiger partial charge in [0.15, 0.2) is 0 Å². The summed E-state index contributed by atoms with van der Waals surface area (Å²) in [6.07, 6.45) is 14.1. The number of ether oxygens (including phenoxy) is 1. The van der Waals surface area contributed by atoms with Gasteiger partial charge in [-0.1, -0.05) is 73.1 Å². The predicted octanol–water partition coefficient (Wildman–Crippen LogP) is 4.85. The van der Waals surface area contributed by atoms with Crippen molar-refractivity contribution in [2.75, 3.05) is 0 Å². The smallest absolute Gasteiger partial charge is 0.303 e. The van der Waals surface area contributed by atoms with Crippen LogP contribution in [0.1, 0.15) is 71.6 Å². The maximum absolute atomic E-state index is 10.5. The number of aliphatic hydroxyl groups is 2. The third-order valence-corrected chi connectivity index (χ3v) is 5.55. The van der Waals surface area contributed by atoms with Crippen molar-refractivity contribution in [3.05, 3.63) is 24.3 Å². The van der Waals surface area contributed by atoms with E-state index < -0.39 is 18.2 Å². The first-order valence-electron chi connectivity index (χ1n) is 10.6. The molecule has 0 radical (unpaired) electrons. The van der Waals surface area contributed by atoms with Gasteiger partial charge in [-0.05, 0) is 38.5 Å². The molecule has 0 aliphatic heterocycles. The Balaban J connectivity index is 2.62. The quantitative estimate of drug-likeness (QED) is 0.135. The van der Waals surface area contributed by atoms with E-state index in [1.54, 1.807) is 0 Å². The lowest BCUT2D eigenvalue weighted by Gasteiger charge is -2.21. The van der Waals surface area contributed by atoms with Crippen LogP contribution in [0.4, 0.5) is 0 Å². The normalized spacial score (nSPS) is 27.6. The molecule has 28 heavy (non-hydrogen) atoms. The SMILES string of the molecule is CCCCC[C@@H](/C=C/[C@@H]1[C@@H](C/C=C\CCCC(=O)O)[C@@H](O)C[C@H]1O)O[C@H](C)I. The lowest BCUT2D eigenvalue weighted by Crippen LogP contribution is -2.21. The van der Waals surface area contributed by atoms with E-state index in [0.717, 1.165) is 19.3 Å². The fourth-order valence-electron chi connectivity index (χ4n) is 3.75. The molecular formula is C22H37IO5. The molecule has 3 N–H and O–H groups in total. The lowest BCUT2D eigenvalue weighted by atomic mass is 9.89. The number of carbonyl (C=O) groups is 1. The Morgan fingerprint density at radius 1 is 1.21 bits per heavy atom. The van der Waals surface area contributed by atoms with Gasteiger partial charge in [0.1, 0.15) is 4.11 Å². The number of aliphatic hydroxyl groups excluding tert-OH is 2. The zero-order valence-electron chi connectivity index (χ0n) is 17.2. The van der Waals surface area contributed by atoms with Crippen LogP contribution >= 0.6 is 22.6 Å². The zero-order valence-corrected chi connectivity index (χ0v) is 19.3. The first-order chi connectivity index (χ1) is 13.3. The zero-order chi connectivity index (χ0) is 20.9. The van der Waals surface area contributed by atoms with Gasteiger partial charge in [-0.2, -0.15) is 0 Å². The molecule has 1 rings (SSSR count). The standard InChI is InChI=1S/C22H37IO5/c1-3-4-7-10-17(28-16(2)23)13-14-19-18(20(24)15-21(19)25)11-8-5-6-9-12-22(26)27/h5,8,13-14,16-21,24-25H,3-4,6-7,9-12,15H2,1-2H3,(H,26,27)/b8-5-,14-13+/t16-,17+,18-,19-,20+,21-/m1/s1. The molecule has 1 aliphatic carbocycles. The number of unbranched alkanes of at least 4 members (excludes halogenated alkanes) is 3. The van der Waals surface area contributed by atoms with Gasteiger partial charge in [0.2, 0.25) is 0 Å². The predicted molar refractivity (Wildman–Crippen MR) is 120 cm³/mol. The molecule has 1 aliphatic rings. The van der Waals surface area contributed by atoms with Crippen LogP contribution in [0.5, 0.6) is 0 Å². The Bertz CT molecular complexity index is 491. The first-order valence-corrected chi connectivity index (χ1v) is 11.8. The van der Waals surface area contributed by atoms with Crippen molar-refractivity contribution in [1.82, 2.24) is 0 Å². The van der Waals surface area contributed by atoms with Crippen molar-refractivity contribution >= 4 is 28.6 Å². The minimum Gasteiger partial charge on any atom is -0.481 e. The van der Waals surface area contributed by atoms with Crippen molar-refractivity contribution in [2.24, 2.45) is 11.8 Å². The maximum atomic E-state index is 10.5. The van der Waals surface area contributed by atoms with Gasteiger partial charge in [-0.25, -0.2) is 0 Å². The minimum absolute atomic E-state index is 0.0182. The van der Waals surface area contributed by atoms with E-state index in [2.05, 4.69) is 35.6 Å². The maximum Gasteiger partial charge on any atom is 0.303 e. The molecule has 0 heterocycles. The highest BCUT2D eigenvalue weighted by Gasteiger charge is 2.39. The van der Waals surface area contributed by atoms with Crippen LogP contribution in [0.3, 0.4) is 0 Å². The number of hydrogen-bond donors (Lipinski definition) is 3. The molecule has 0 unspecified atom stereocenters. The Labute approximate surface area is 183 Å². The van der Waals surface area contributed by atoms with E-state index in [9.17, 15) is 15.0 Å². The summed E-state index contributed by atoms with van der Waals surface area (Å²) in [5.41, 5.74) is 0. The number of hydrogen-bond acceptors (Lipinski definition) is 4. The first kappa shape index (κ1) is 25.6. The number of allylic oxidation sites excluding steroid dienone is 2. The summed E-state index contributed by atoms with van der Waals surface area (Å²) in [4.78, 5) is 10.5. The Kier molecular flexibility index (Phi) is 13.3. The van der Waals surface area contributed by atoms with Crippen LogP contribution in [0, 0.1) is 11.8 Å². The Morgan fingerprint density at radius 2 is 1.96 bits per heavy atom. The number of carboxylic acid groups (broad SMARTS) is 1. The largest absolute Gasteiger partial charge is 0.481 e. The summed E-state index contributed by atoms with van der Waals surface area (Å²) >= 11 is 2.26. The fourth-order valence-corrected chi connectivity index (χ4v) is 4.12. The molecule has 1 fully saturated rings. The average Bonchev–Trinajstić information content (AvgIpc) is 2.88. The van der Waals surface area contributed by atoms with Crippen LogP contribution < -0.4 is 0 Å². The second-order valence-electron chi connectivity index (χ2n) is 7.70. The second-order valence-corrected chi connectivity index (χ2v) is 9.46. The van der Waals surface area contributed by atoms with Crippen molar-refractivity contribution in [3.63, 3.8) is 0 Å². The van der Waals surface area contributed by atoms with E-state index in [1.807, 2.05) is 25.2 Å². The van der Waals surface area contributed by atoms with Crippen molar-refractivity contribution in [2.45, 2.75) is 94.1 Å². The van der Waals surface area contributed by atoms with Crippen molar-refractivity contribution < 1.29 is 24.9 Å². The van der Waals surface area contributed by atoms with Gasteiger partial charge in [-0.3, -0.25) is 4.79 Å². The summed E-state index contributed by atoms with van der Waals surface area (Å²) in [5, 5.41) is 29.4. The third kappa shape index (κ3) is 10.4. The molecule has 6 atom stereocenters. The van der Waals surface area contributed by atoms with Gasteiger partial charge in [0, 0.05) is 18.8 Å². The van der Waals surface area contributed by atoms with Gasteiger partial charge in [0.25, 0.3) is 0 Å². The van der Waals surface area contributed by atoms with Crippen LogP contribution in [-0.4, -0.2) is 43.7 Å². The van der Waals surface area contributed by atoms with E-state index in [-0.39, 0.29) is 28.5 Å². The molecule has 0 amide bonds. The Morgan fingerprint density at radius 3 is 2.61 bits per heavy atom. The van der Waals surface area contributed by atoms with E-state index in [1.165, 1.54) is 12.8 Å². The fraction of sp³-hybridized carbons (Fsp3) is 0.773. The molecule has 0 aromatic rings. The monoisotopic (exact) mass is 508 g/mol. The molecule has 0 spiro atoms. The summed E-state index contributed by atoms with van der Waals surface area (Å²) < 4.78 is 6.12. The number of alkyl halides is 1. The molecule has 0 bridgehead atoms. The van der Waals surface area contributed by atoms with Crippen LogP contribution in [-0.2, 0) is 9.53 Å². The van der Waals surface area contributed by atoms with Gasteiger partial charge in [-0.15, -0.1) is 0 Å². The van der Waals surface area contributed by atoms with Gasteiger partial charge >= 0.3 is 5.97 Å². The number of carboxylic acids is 1. The van der Waals surface area contributed by atoms with Crippen LogP contribution in [0.15, 0.2) is 24.3 Å². The molecule has 5 nitrogen and oxygen atoms in total.